The maximum Gasteiger partial charge on any atom is 0.338 e. The molecule has 0 radical (unpaired) electrons. The molecule has 0 atom stereocenters. The van der Waals surface area contributed by atoms with Crippen molar-refractivity contribution < 1.29 is 14.3 Å². The molecule has 1 aliphatic heterocycles. The van der Waals surface area contributed by atoms with Gasteiger partial charge in [0.25, 0.3) is 0 Å². The summed E-state index contributed by atoms with van der Waals surface area (Å²) in [5.41, 5.74) is 0. The molecule has 0 saturated carbocycles. The Morgan fingerprint density at radius 2 is 1.40 bits per heavy atom. The quantitative estimate of drug-likeness (QED) is 0.393. The number of nitrogens with zero attached hydrogens (tertiary/aromatic N) is 2. The summed E-state index contributed by atoms with van der Waals surface area (Å²) in [5, 5.41) is 16.1. The molecule has 78 valence electrons. The zero-order valence-corrected chi connectivity index (χ0v) is 8.10. The van der Waals surface area contributed by atoms with E-state index in [0.29, 0.717) is 12.8 Å². The van der Waals surface area contributed by atoms with E-state index in [4.69, 9.17) is 10.5 Å². The molecule has 0 amide bonds. The summed E-state index contributed by atoms with van der Waals surface area (Å²) < 4.78 is 3.97. The fourth-order valence-electron chi connectivity index (χ4n) is 0.711. The molecule has 1 heterocycles. The van der Waals surface area contributed by atoms with E-state index >= 15 is 0 Å². The Balaban J connectivity index is 0.000000262. The molecule has 5 nitrogen and oxygen atoms in total. The van der Waals surface area contributed by atoms with E-state index in [1.54, 1.807) is 0 Å². The summed E-state index contributed by atoms with van der Waals surface area (Å²) in [6.07, 6.45) is 5.07. The number of rotatable bonds is 3. The number of hydrogen-bond acceptors (Lipinski definition) is 5. The number of hydrogen-bond donors (Lipinski definition) is 0. The van der Waals surface area contributed by atoms with Gasteiger partial charge in [-0.25, -0.2) is 9.59 Å². The lowest BCUT2D eigenvalue weighted by Gasteiger charge is -1.83. The standard InChI is InChI=1S/C6H8N2.C4H2O3/c7-5-3-1-2-4-6-8;5-3-1-2-4(6)7-3/h1-4H2;1-2H. The first-order valence-corrected chi connectivity index (χ1v) is 4.38. The molecule has 0 spiro atoms. The first-order valence-electron chi connectivity index (χ1n) is 4.38. The average Bonchev–Trinajstić information content (AvgIpc) is 2.58. The normalized spacial score (nSPS) is 12.1. The summed E-state index contributed by atoms with van der Waals surface area (Å²) >= 11 is 0. The number of ether oxygens (including phenoxy) is 1. The molecule has 0 N–H and O–H groups in total. The average molecular weight is 206 g/mol. The number of unbranched alkanes of at least 4 members (excludes halogenated alkanes) is 3. The summed E-state index contributed by atoms with van der Waals surface area (Å²) in [6, 6.07) is 4.03. The molecule has 0 fully saturated rings. The summed E-state index contributed by atoms with van der Waals surface area (Å²) in [7, 11) is 0. The summed E-state index contributed by atoms with van der Waals surface area (Å²) in [4.78, 5) is 19.8. The van der Waals surface area contributed by atoms with Gasteiger partial charge in [-0.3, -0.25) is 0 Å². The van der Waals surface area contributed by atoms with Gasteiger partial charge in [-0.05, 0) is 12.8 Å². The third-order valence-electron chi connectivity index (χ3n) is 1.38. The minimum absolute atomic E-state index is 0.579. The minimum atomic E-state index is -0.579. The van der Waals surface area contributed by atoms with Crippen molar-refractivity contribution in [3.63, 3.8) is 0 Å². The third kappa shape index (κ3) is 8.20. The molecule has 0 saturated heterocycles. The van der Waals surface area contributed by atoms with E-state index in [2.05, 4.69) is 4.74 Å². The Labute approximate surface area is 87.6 Å². The maximum atomic E-state index is 9.92. The summed E-state index contributed by atoms with van der Waals surface area (Å²) in [5.74, 6) is -1.16. The van der Waals surface area contributed by atoms with E-state index < -0.39 is 11.9 Å². The Hall–Kier alpha value is -2.14. The van der Waals surface area contributed by atoms with Crippen LogP contribution in [0.1, 0.15) is 25.7 Å². The van der Waals surface area contributed by atoms with Gasteiger partial charge in [-0.2, -0.15) is 10.5 Å². The SMILES string of the molecule is N#CCCCCC#N.O=C1C=CC(=O)O1. The second-order valence-electron chi connectivity index (χ2n) is 2.60. The number of carbonyl (C=O) groups excluding carboxylic acids is 2. The second-order valence-corrected chi connectivity index (χ2v) is 2.60. The van der Waals surface area contributed by atoms with Gasteiger partial charge in [0, 0.05) is 25.0 Å². The van der Waals surface area contributed by atoms with Crippen LogP contribution in [0.3, 0.4) is 0 Å². The highest BCUT2D eigenvalue weighted by Crippen LogP contribution is 1.95. The lowest BCUT2D eigenvalue weighted by Crippen LogP contribution is -1.96. The molecular weight excluding hydrogens is 196 g/mol. The van der Waals surface area contributed by atoms with Gasteiger partial charge in [0.15, 0.2) is 0 Å². The van der Waals surface area contributed by atoms with Crippen LogP contribution in [0.5, 0.6) is 0 Å². The first-order chi connectivity index (χ1) is 7.20. The highest BCUT2D eigenvalue weighted by Gasteiger charge is 2.10. The molecular formula is C10H10N2O3. The van der Waals surface area contributed by atoms with Gasteiger partial charge in [0.2, 0.25) is 0 Å². The van der Waals surface area contributed by atoms with Crippen LogP contribution >= 0.6 is 0 Å². The molecule has 1 rings (SSSR count). The zero-order valence-electron chi connectivity index (χ0n) is 8.10. The Kier molecular flexibility index (Phi) is 7.25. The zero-order chi connectivity index (χ0) is 11.5. The number of carbonyl (C=O) groups is 2. The topological polar surface area (TPSA) is 91.0 Å². The van der Waals surface area contributed by atoms with Crippen molar-refractivity contribution in [3.05, 3.63) is 12.2 Å². The van der Waals surface area contributed by atoms with Crippen molar-refractivity contribution in [1.82, 2.24) is 0 Å². The maximum absolute atomic E-state index is 9.92. The van der Waals surface area contributed by atoms with E-state index in [9.17, 15) is 9.59 Å². The predicted molar refractivity (Wildman–Crippen MR) is 49.9 cm³/mol. The lowest BCUT2D eigenvalue weighted by atomic mass is 10.2. The molecule has 5 heteroatoms. The van der Waals surface area contributed by atoms with Crippen molar-refractivity contribution in [1.29, 1.82) is 10.5 Å². The molecule has 0 aliphatic carbocycles. The smallest absolute Gasteiger partial charge is 0.338 e. The Morgan fingerprint density at radius 1 is 1.00 bits per heavy atom. The molecule has 0 aromatic carbocycles. The number of esters is 2. The molecule has 1 aliphatic rings. The van der Waals surface area contributed by atoms with E-state index in [0.717, 1.165) is 25.0 Å². The van der Waals surface area contributed by atoms with Gasteiger partial charge in [0.1, 0.15) is 0 Å². The largest absolute Gasteiger partial charge is 0.387 e. The number of cyclic esters (lactones) is 2. The Bertz CT molecular complexity index is 302. The first kappa shape index (κ1) is 12.9. The van der Waals surface area contributed by atoms with Crippen LogP contribution < -0.4 is 0 Å². The second kappa shape index (κ2) is 8.46. The van der Waals surface area contributed by atoms with Crippen LogP contribution in [0.15, 0.2) is 12.2 Å². The predicted octanol–water partition coefficient (Wildman–Crippen LogP) is 1.22. The highest BCUT2D eigenvalue weighted by molar-refractivity contribution is 6.04. The van der Waals surface area contributed by atoms with Gasteiger partial charge in [-0.15, -0.1) is 0 Å². The van der Waals surface area contributed by atoms with Crippen molar-refractivity contribution in [2.75, 3.05) is 0 Å². The molecule has 0 unspecified atom stereocenters. The molecule has 15 heavy (non-hydrogen) atoms. The van der Waals surface area contributed by atoms with Crippen molar-refractivity contribution >= 4 is 11.9 Å². The molecule has 0 aromatic rings. The van der Waals surface area contributed by atoms with Crippen LogP contribution in [-0.4, -0.2) is 11.9 Å². The lowest BCUT2D eigenvalue weighted by molar-refractivity contribution is -0.150. The van der Waals surface area contributed by atoms with Gasteiger partial charge in [0.05, 0.1) is 12.1 Å². The highest BCUT2D eigenvalue weighted by atomic mass is 16.6. The van der Waals surface area contributed by atoms with Crippen LogP contribution in [0.2, 0.25) is 0 Å². The van der Waals surface area contributed by atoms with Crippen LogP contribution in [-0.2, 0) is 14.3 Å². The van der Waals surface area contributed by atoms with Crippen molar-refractivity contribution in [3.8, 4) is 12.1 Å². The third-order valence-corrected chi connectivity index (χ3v) is 1.38. The van der Waals surface area contributed by atoms with Crippen LogP contribution in [0.4, 0.5) is 0 Å². The van der Waals surface area contributed by atoms with Crippen LogP contribution in [0.25, 0.3) is 0 Å². The minimum Gasteiger partial charge on any atom is -0.387 e. The fourth-order valence-corrected chi connectivity index (χ4v) is 0.711. The molecule has 0 bridgehead atoms. The van der Waals surface area contributed by atoms with Gasteiger partial charge >= 0.3 is 11.9 Å². The van der Waals surface area contributed by atoms with Gasteiger partial charge < -0.3 is 4.74 Å². The van der Waals surface area contributed by atoms with Crippen molar-refractivity contribution in [2.45, 2.75) is 25.7 Å². The van der Waals surface area contributed by atoms with E-state index in [1.807, 2.05) is 12.1 Å². The monoisotopic (exact) mass is 206 g/mol. The molecule has 0 aromatic heterocycles. The number of nitriles is 2. The van der Waals surface area contributed by atoms with Gasteiger partial charge in [-0.1, -0.05) is 0 Å². The summed E-state index contributed by atoms with van der Waals surface area (Å²) in [6.45, 7) is 0. The Morgan fingerprint density at radius 3 is 1.60 bits per heavy atom. The van der Waals surface area contributed by atoms with E-state index in [-0.39, 0.29) is 0 Å². The fraction of sp³-hybridized carbons (Fsp3) is 0.400. The van der Waals surface area contributed by atoms with Crippen molar-refractivity contribution in [2.24, 2.45) is 0 Å². The van der Waals surface area contributed by atoms with Crippen LogP contribution in [0, 0.1) is 22.7 Å². The van der Waals surface area contributed by atoms with E-state index in [1.165, 1.54) is 0 Å².